The molecule has 0 aromatic carbocycles. The zero-order valence-electron chi connectivity index (χ0n) is 7.11. The van der Waals surface area contributed by atoms with E-state index in [4.69, 9.17) is 0 Å². The van der Waals surface area contributed by atoms with Crippen molar-refractivity contribution in [3.63, 3.8) is 0 Å². The minimum atomic E-state index is 0. The third-order valence-electron chi connectivity index (χ3n) is 1.25. The summed E-state index contributed by atoms with van der Waals surface area (Å²) in [4.78, 5) is 0. The average molecular weight is 120 g/mol. The molecular formula is C8H17Li. The second kappa shape index (κ2) is 11.4. The Hall–Kier alpha value is 0.597. The molecule has 0 rings (SSSR count). The van der Waals surface area contributed by atoms with Gasteiger partial charge in [-0.25, -0.2) is 0 Å². The Balaban J connectivity index is 0. The first-order chi connectivity index (χ1) is 3.91. The van der Waals surface area contributed by atoms with Crippen molar-refractivity contribution in [2.24, 2.45) is 0 Å². The predicted octanol–water partition coefficient (Wildman–Crippen LogP) is 0.185. The van der Waals surface area contributed by atoms with E-state index in [0.29, 0.717) is 0 Å². The zero-order valence-corrected chi connectivity index (χ0v) is 7.11. The molecular weight excluding hydrogens is 103 g/mol. The molecule has 0 bridgehead atoms. The van der Waals surface area contributed by atoms with E-state index in [1.165, 1.54) is 32.1 Å². The second-order valence-corrected chi connectivity index (χ2v) is 2.22. The molecule has 0 aliphatic heterocycles. The van der Waals surface area contributed by atoms with Gasteiger partial charge in [0.15, 0.2) is 0 Å². The molecule has 0 fully saturated rings. The van der Waals surface area contributed by atoms with Gasteiger partial charge in [-0.3, -0.25) is 0 Å². The summed E-state index contributed by atoms with van der Waals surface area (Å²) in [5.74, 6) is 0. The van der Waals surface area contributed by atoms with E-state index < -0.39 is 0 Å². The molecule has 0 heterocycles. The third kappa shape index (κ3) is 11.9. The molecule has 0 aliphatic carbocycles. The smallest absolute Gasteiger partial charge is 0.328 e. The third-order valence-corrected chi connectivity index (χ3v) is 1.25. The monoisotopic (exact) mass is 120 g/mol. The van der Waals surface area contributed by atoms with Gasteiger partial charge >= 0.3 is 18.9 Å². The first kappa shape index (κ1) is 12.3. The van der Waals surface area contributed by atoms with Gasteiger partial charge in [-0.15, -0.1) is 0 Å². The number of rotatable bonds is 5. The molecule has 0 unspecified atom stereocenters. The van der Waals surface area contributed by atoms with Gasteiger partial charge in [-0.2, -0.15) is 12.8 Å². The Morgan fingerprint density at radius 1 is 1.00 bits per heavy atom. The van der Waals surface area contributed by atoms with E-state index in [1.807, 2.05) is 0 Å². The van der Waals surface area contributed by atoms with Gasteiger partial charge < -0.3 is 6.42 Å². The van der Waals surface area contributed by atoms with E-state index >= 15 is 0 Å². The quantitative estimate of drug-likeness (QED) is 0.276. The van der Waals surface area contributed by atoms with Crippen LogP contribution >= 0.6 is 0 Å². The molecule has 0 atom stereocenters. The maximum Gasteiger partial charge on any atom is 1.00 e. The van der Waals surface area contributed by atoms with E-state index in [0.717, 1.165) is 0 Å². The van der Waals surface area contributed by atoms with Crippen molar-refractivity contribution in [1.29, 1.82) is 0 Å². The van der Waals surface area contributed by atoms with Crippen molar-refractivity contribution < 1.29 is 18.9 Å². The average Bonchev–Trinajstić information content (AvgIpc) is 1.81. The molecule has 0 nitrogen and oxygen atoms in total. The van der Waals surface area contributed by atoms with Crippen LogP contribution in [0.5, 0.6) is 0 Å². The van der Waals surface area contributed by atoms with Crippen LogP contribution < -0.4 is 18.9 Å². The molecule has 0 aliphatic rings. The Kier molecular flexibility index (Phi) is 15.6. The Morgan fingerprint density at radius 2 is 1.67 bits per heavy atom. The normalized spacial score (nSPS) is 8.67. The molecule has 50 valence electrons. The fraction of sp³-hybridized carbons (Fsp3) is 0.875. The molecule has 0 spiro atoms. The SMILES string of the molecule is CCC[CH-]CCCC.[Li+]. The van der Waals surface area contributed by atoms with Crippen LogP contribution in [0.25, 0.3) is 0 Å². The van der Waals surface area contributed by atoms with Crippen molar-refractivity contribution in [3.05, 3.63) is 6.42 Å². The van der Waals surface area contributed by atoms with Crippen LogP contribution in [-0.2, 0) is 0 Å². The van der Waals surface area contributed by atoms with Gasteiger partial charge in [0.2, 0.25) is 0 Å². The van der Waals surface area contributed by atoms with Crippen LogP contribution in [0.3, 0.4) is 0 Å². The summed E-state index contributed by atoms with van der Waals surface area (Å²) in [6.45, 7) is 4.46. The Labute approximate surface area is 71.6 Å². The number of hydrogen-bond donors (Lipinski definition) is 0. The minimum absolute atomic E-state index is 0. The van der Waals surface area contributed by atoms with Crippen LogP contribution in [0.1, 0.15) is 46.0 Å². The van der Waals surface area contributed by atoms with Crippen LogP contribution in [-0.4, -0.2) is 0 Å². The summed E-state index contributed by atoms with van der Waals surface area (Å²) >= 11 is 0. The largest absolute Gasteiger partial charge is 1.00 e. The second-order valence-electron chi connectivity index (χ2n) is 2.22. The first-order valence-corrected chi connectivity index (χ1v) is 3.73. The van der Waals surface area contributed by atoms with Crippen molar-refractivity contribution in [1.82, 2.24) is 0 Å². The van der Waals surface area contributed by atoms with E-state index in [9.17, 15) is 0 Å². The van der Waals surface area contributed by atoms with Gasteiger partial charge in [0, 0.05) is 0 Å². The topological polar surface area (TPSA) is 0 Å². The fourth-order valence-corrected chi connectivity index (χ4v) is 0.697. The standard InChI is InChI=1S/C8H17.Li/c1-3-5-7-8-6-4-2;/h7H,3-6,8H2,1-2H3;/q-1;+1. The summed E-state index contributed by atoms with van der Waals surface area (Å²) in [5.41, 5.74) is 0. The molecule has 0 saturated heterocycles. The molecule has 0 N–H and O–H groups in total. The summed E-state index contributed by atoms with van der Waals surface area (Å²) < 4.78 is 0. The summed E-state index contributed by atoms with van der Waals surface area (Å²) in [7, 11) is 0. The molecule has 0 saturated carbocycles. The van der Waals surface area contributed by atoms with Crippen molar-refractivity contribution >= 4 is 0 Å². The van der Waals surface area contributed by atoms with Gasteiger partial charge in [-0.1, -0.05) is 33.1 Å². The van der Waals surface area contributed by atoms with Gasteiger partial charge in [0.05, 0.1) is 0 Å². The van der Waals surface area contributed by atoms with Gasteiger partial charge in [0.25, 0.3) is 0 Å². The molecule has 0 radical (unpaired) electrons. The van der Waals surface area contributed by atoms with Crippen molar-refractivity contribution in [3.8, 4) is 0 Å². The van der Waals surface area contributed by atoms with Crippen molar-refractivity contribution in [2.45, 2.75) is 46.0 Å². The molecule has 9 heavy (non-hydrogen) atoms. The molecule has 0 aromatic heterocycles. The summed E-state index contributed by atoms with van der Waals surface area (Å²) in [6.07, 6.45) is 9.04. The molecule has 0 amide bonds. The Bertz CT molecular complexity index is 29.5. The first-order valence-electron chi connectivity index (χ1n) is 3.73. The summed E-state index contributed by atoms with van der Waals surface area (Å²) in [6, 6.07) is 0. The maximum atomic E-state index is 2.39. The number of unbranched alkanes of at least 4 members (excludes halogenated alkanes) is 5. The fourth-order valence-electron chi connectivity index (χ4n) is 0.697. The van der Waals surface area contributed by atoms with Crippen molar-refractivity contribution in [2.75, 3.05) is 0 Å². The van der Waals surface area contributed by atoms with E-state index in [-0.39, 0.29) is 18.9 Å². The minimum Gasteiger partial charge on any atom is -0.328 e. The van der Waals surface area contributed by atoms with Crippen LogP contribution in [0.15, 0.2) is 0 Å². The molecule has 0 aromatic rings. The van der Waals surface area contributed by atoms with Crippen LogP contribution in [0, 0.1) is 6.42 Å². The van der Waals surface area contributed by atoms with Crippen LogP contribution in [0.4, 0.5) is 0 Å². The maximum absolute atomic E-state index is 2.39. The van der Waals surface area contributed by atoms with E-state index in [2.05, 4.69) is 20.3 Å². The summed E-state index contributed by atoms with van der Waals surface area (Å²) in [5, 5.41) is 0. The Morgan fingerprint density at radius 3 is 2.11 bits per heavy atom. The molecule has 1 heteroatoms. The van der Waals surface area contributed by atoms with Gasteiger partial charge in [-0.05, 0) is 0 Å². The van der Waals surface area contributed by atoms with Gasteiger partial charge in [0.1, 0.15) is 0 Å². The number of hydrogen-bond acceptors (Lipinski definition) is 0. The van der Waals surface area contributed by atoms with E-state index in [1.54, 1.807) is 0 Å². The predicted molar refractivity (Wildman–Crippen MR) is 38.7 cm³/mol. The zero-order chi connectivity index (χ0) is 6.24. The van der Waals surface area contributed by atoms with Crippen LogP contribution in [0.2, 0.25) is 0 Å².